The minimum Gasteiger partial charge on any atom is -0.508 e. The lowest BCUT2D eigenvalue weighted by Gasteiger charge is -2.26. The Kier molecular flexibility index (Phi) is 7.65. The number of unbranched alkanes of at least 4 members (excludes halogenated alkanes) is 1. The van der Waals surface area contributed by atoms with Gasteiger partial charge in [0, 0.05) is 6.61 Å². The molecule has 154 valence electrons. The molecule has 0 aliphatic carbocycles. The highest BCUT2D eigenvalue weighted by molar-refractivity contribution is 5.64. The van der Waals surface area contributed by atoms with Gasteiger partial charge in [-0.05, 0) is 41.8 Å². The van der Waals surface area contributed by atoms with Crippen LogP contribution in [0.3, 0.4) is 0 Å². The number of phenolic OH excluding ortho intramolecular Hbond substituents is 1. The van der Waals surface area contributed by atoms with Crippen molar-refractivity contribution < 1.29 is 36.9 Å². The lowest BCUT2D eigenvalue weighted by molar-refractivity contribution is -0.408. The maximum atomic E-state index is 13.8. The van der Waals surface area contributed by atoms with E-state index in [-0.39, 0.29) is 12.4 Å². The van der Waals surface area contributed by atoms with Crippen molar-refractivity contribution in [3.63, 3.8) is 0 Å². The summed E-state index contributed by atoms with van der Waals surface area (Å²) in [6.07, 6.45) is -8.04. The Balaban J connectivity index is 1.93. The third-order valence-corrected chi connectivity index (χ3v) is 3.79. The molecule has 0 saturated carbocycles. The van der Waals surface area contributed by atoms with Crippen molar-refractivity contribution in [3.8, 4) is 22.6 Å². The van der Waals surface area contributed by atoms with Gasteiger partial charge in [0.25, 0.3) is 0 Å². The van der Waals surface area contributed by atoms with Crippen LogP contribution in [-0.2, 0) is 9.47 Å². The van der Waals surface area contributed by atoms with Crippen molar-refractivity contribution in [2.24, 2.45) is 0 Å². The third kappa shape index (κ3) is 6.10. The second kappa shape index (κ2) is 9.75. The minimum atomic E-state index is -4.85. The van der Waals surface area contributed by atoms with Crippen LogP contribution < -0.4 is 4.74 Å². The molecular weight excluding hydrogens is 380 g/mol. The van der Waals surface area contributed by atoms with Crippen molar-refractivity contribution in [2.75, 3.05) is 19.8 Å². The molecular formula is C20H22F4O4. The zero-order valence-corrected chi connectivity index (χ0v) is 15.3. The SMILES string of the molecule is CCCCOCCOC(F)(F)C(F)(F)Oc1ccc(-c2ccc(O)cc2)cc1. The van der Waals surface area contributed by atoms with E-state index in [0.717, 1.165) is 25.0 Å². The molecule has 8 heteroatoms. The monoisotopic (exact) mass is 402 g/mol. The van der Waals surface area contributed by atoms with Gasteiger partial charge in [-0.2, -0.15) is 17.6 Å². The lowest BCUT2D eigenvalue weighted by Crippen LogP contribution is -2.47. The normalized spacial score (nSPS) is 12.2. The first-order valence-corrected chi connectivity index (χ1v) is 8.81. The molecule has 0 spiro atoms. The van der Waals surface area contributed by atoms with Crippen molar-refractivity contribution in [1.82, 2.24) is 0 Å². The van der Waals surface area contributed by atoms with E-state index >= 15 is 0 Å². The van der Waals surface area contributed by atoms with E-state index in [0.29, 0.717) is 17.7 Å². The fourth-order valence-corrected chi connectivity index (χ4v) is 2.24. The second-order valence-electron chi connectivity index (χ2n) is 6.02. The standard InChI is InChI=1S/C20H22F4O4/c1-2-3-12-26-13-14-27-19(21,22)20(23,24)28-18-10-6-16(7-11-18)15-4-8-17(25)9-5-15/h4-11,25H,2-3,12-14H2,1H3. The van der Waals surface area contributed by atoms with E-state index < -0.39 is 24.6 Å². The predicted molar refractivity (Wildman–Crippen MR) is 95.7 cm³/mol. The second-order valence-corrected chi connectivity index (χ2v) is 6.02. The summed E-state index contributed by atoms with van der Waals surface area (Å²) in [4.78, 5) is 0. The van der Waals surface area contributed by atoms with Gasteiger partial charge in [0.05, 0.1) is 13.2 Å². The first-order chi connectivity index (χ1) is 13.2. The topological polar surface area (TPSA) is 47.9 Å². The van der Waals surface area contributed by atoms with Crippen molar-refractivity contribution in [3.05, 3.63) is 48.5 Å². The number of ether oxygens (including phenoxy) is 3. The van der Waals surface area contributed by atoms with Gasteiger partial charge in [-0.1, -0.05) is 37.6 Å². The molecule has 2 rings (SSSR count). The number of rotatable bonds is 11. The fraction of sp³-hybridized carbons (Fsp3) is 0.400. The summed E-state index contributed by atoms with van der Waals surface area (Å²) in [7, 11) is 0. The quantitative estimate of drug-likeness (QED) is 0.401. The van der Waals surface area contributed by atoms with E-state index in [9.17, 15) is 22.7 Å². The highest BCUT2D eigenvalue weighted by Gasteiger charge is 2.61. The van der Waals surface area contributed by atoms with E-state index in [1.807, 2.05) is 6.92 Å². The summed E-state index contributed by atoms with van der Waals surface area (Å²) in [6.45, 7) is 1.39. The molecule has 0 aliphatic heterocycles. The van der Waals surface area contributed by atoms with Gasteiger partial charge in [0.1, 0.15) is 11.5 Å². The highest BCUT2D eigenvalue weighted by atomic mass is 19.3. The maximum absolute atomic E-state index is 13.8. The summed E-state index contributed by atoms with van der Waals surface area (Å²) >= 11 is 0. The first-order valence-electron chi connectivity index (χ1n) is 8.81. The van der Waals surface area contributed by atoms with Crippen LogP contribution in [0, 0.1) is 0 Å². The predicted octanol–water partition coefficient (Wildman–Crippen LogP) is 5.46. The highest BCUT2D eigenvalue weighted by Crippen LogP contribution is 2.37. The molecule has 1 N–H and O–H groups in total. The molecule has 0 aliphatic rings. The molecule has 0 amide bonds. The van der Waals surface area contributed by atoms with Gasteiger partial charge >= 0.3 is 12.2 Å². The number of phenols is 1. The molecule has 2 aromatic carbocycles. The summed E-state index contributed by atoms with van der Waals surface area (Å²) in [5.41, 5.74) is 1.36. The van der Waals surface area contributed by atoms with Crippen LogP contribution in [0.4, 0.5) is 17.6 Å². The van der Waals surface area contributed by atoms with Crippen LogP contribution in [0.25, 0.3) is 11.1 Å². The zero-order chi connectivity index (χ0) is 20.6. The van der Waals surface area contributed by atoms with E-state index in [4.69, 9.17) is 4.74 Å². The number of halogens is 4. The average molecular weight is 402 g/mol. The fourth-order valence-electron chi connectivity index (χ4n) is 2.24. The van der Waals surface area contributed by atoms with Crippen LogP contribution in [0.2, 0.25) is 0 Å². The summed E-state index contributed by atoms with van der Waals surface area (Å²) in [5, 5.41) is 9.27. The molecule has 0 fully saturated rings. The van der Waals surface area contributed by atoms with Gasteiger partial charge in [0.2, 0.25) is 0 Å². The van der Waals surface area contributed by atoms with Gasteiger partial charge in [-0.3, -0.25) is 0 Å². The summed E-state index contributed by atoms with van der Waals surface area (Å²) < 4.78 is 68.2. The Morgan fingerprint density at radius 3 is 1.93 bits per heavy atom. The molecule has 2 aromatic rings. The van der Waals surface area contributed by atoms with E-state index in [1.165, 1.54) is 24.3 Å². The summed E-state index contributed by atoms with van der Waals surface area (Å²) in [5.74, 6) is -0.351. The molecule has 28 heavy (non-hydrogen) atoms. The first kappa shape index (κ1) is 22.0. The minimum absolute atomic E-state index is 0.0846. The molecule has 0 bridgehead atoms. The zero-order valence-electron chi connectivity index (χ0n) is 15.3. The van der Waals surface area contributed by atoms with Crippen LogP contribution in [0.15, 0.2) is 48.5 Å². The molecule has 0 aromatic heterocycles. The molecule has 4 nitrogen and oxygen atoms in total. The van der Waals surface area contributed by atoms with Crippen LogP contribution >= 0.6 is 0 Å². The van der Waals surface area contributed by atoms with Crippen molar-refractivity contribution in [2.45, 2.75) is 32.0 Å². The number of hydrogen-bond acceptors (Lipinski definition) is 4. The molecule has 0 saturated heterocycles. The Hall–Kier alpha value is -2.32. The van der Waals surface area contributed by atoms with Crippen LogP contribution in [0.5, 0.6) is 11.5 Å². The third-order valence-electron chi connectivity index (χ3n) is 3.79. The number of aromatic hydroxyl groups is 1. The van der Waals surface area contributed by atoms with E-state index in [2.05, 4.69) is 9.47 Å². The van der Waals surface area contributed by atoms with E-state index in [1.54, 1.807) is 12.1 Å². The van der Waals surface area contributed by atoms with Crippen LogP contribution in [0.1, 0.15) is 19.8 Å². The van der Waals surface area contributed by atoms with Crippen molar-refractivity contribution in [1.29, 1.82) is 0 Å². The molecule has 0 radical (unpaired) electrons. The van der Waals surface area contributed by atoms with Crippen LogP contribution in [-0.4, -0.2) is 37.1 Å². The van der Waals surface area contributed by atoms with Gasteiger partial charge in [0.15, 0.2) is 0 Å². The average Bonchev–Trinajstić information content (AvgIpc) is 2.65. The van der Waals surface area contributed by atoms with Crippen molar-refractivity contribution >= 4 is 0 Å². The van der Waals surface area contributed by atoms with Gasteiger partial charge in [-0.25, -0.2) is 0 Å². The largest absolute Gasteiger partial charge is 0.508 e. The Morgan fingerprint density at radius 2 is 1.36 bits per heavy atom. The maximum Gasteiger partial charge on any atom is 0.494 e. The molecule has 0 heterocycles. The van der Waals surface area contributed by atoms with Gasteiger partial charge in [-0.15, -0.1) is 0 Å². The number of benzene rings is 2. The number of hydrogen-bond donors (Lipinski definition) is 1. The number of alkyl halides is 4. The summed E-state index contributed by atoms with van der Waals surface area (Å²) in [6, 6.07) is 11.4. The lowest BCUT2D eigenvalue weighted by atomic mass is 10.1. The molecule has 0 unspecified atom stereocenters. The molecule has 0 atom stereocenters. The Labute approximate surface area is 160 Å². The Bertz CT molecular complexity index is 718. The smallest absolute Gasteiger partial charge is 0.494 e. The van der Waals surface area contributed by atoms with Gasteiger partial charge < -0.3 is 19.3 Å². The Morgan fingerprint density at radius 1 is 0.786 bits per heavy atom.